The van der Waals surface area contributed by atoms with Crippen molar-refractivity contribution in [3.05, 3.63) is 24.0 Å². The van der Waals surface area contributed by atoms with Crippen molar-refractivity contribution in [2.45, 2.75) is 35.8 Å². The average Bonchev–Trinajstić information content (AvgIpc) is 2.62. The fourth-order valence-corrected chi connectivity index (χ4v) is 3.61. The van der Waals surface area contributed by atoms with Gasteiger partial charge < -0.3 is 10.1 Å². The molecule has 1 aliphatic rings. The lowest BCUT2D eigenvalue weighted by molar-refractivity contribution is -0.142. The van der Waals surface area contributed by atoms with Gasteiger partial charge >= 0.3 is 5.97 Å². The number of carboxylic acids is 1. The van der Waals surface area contributed by atoms with E-state index < -0.39 is 10.7 Å². The van der Waals surface area contributed by atoms with Crippen molar-refractivity contribution in [2.24, 2.45) is 0 Å². The van der Waals surface area contributed by atoms with Gasteiger partial charge in [0.1, 0.15) is 10.6 Å². The van der Waals surface area contributed by atoms with Gasteiger partial charge in [-0.15, -0.1) is 11.8 Å². The van der Waals surface area contributed by atoms with Gasteiger partial charge in [0.15, 0.2) is 0 Å². The zero-order valence-corrected chi connectivity index (χ0v) is 10.9. The number of aromatic amines is 1. The quantitative estimate of drug-likeness (QED) is 0.892. The molecule has 2 aromatic rings. The standard InChI is InChI=1S/C13H14N2O2S/c1-8-14-10-4-3-9(7-11(10)15-8)18-13(12(16)17)5-2-6-13/h3-4,7H,2,5-6H2,1H3,(H,14,15)(H,16,17). The van der Waals surface area contributed by atoms with Crippen molar-refractivity contribution in [1.82, 2.24) is 9.97 Å². The number of hydrogen-bond donors (Lipinski definition) is 2. The summed E-state index contributed by atoms with van der Waals surface area (Å²) < 4.78 is -0.608. The maximum absolute atomic E-state index is 11.3. The van der Waals surface area contributed by atoms with Crippen LogP contribution in [0.25, 0.3) is 11.0 Å². The molecule has 3 rings (SSSR count). The molecule has 18 heavy (non-hydrogen) atoms. The molecule has 0 bridgehead atoms. The molecule has 94 valence electrons. The number of benzene rings is 1. The van der Waals surface area contributed by atoms with E-state index in [9.17, 15) is 9.90 Å². The smallest absolute Gasteiger partial charge is 0.320 e. The summed E-state index contributed by atoms with van der Waals surface area (Å²) in [5.41, 5.74) is 1.90. The highest BCUT2D eigenvalue weighted by atomic mass is 32.2. The minimum Gasteiger partial charge on any atom is -0.480 e. The minimum absolute atomic E-state index is 0.608. The van der Waals surface area contributed by atoms with Crippen molar-refractivity contribution in [3.63, 3.8) is 0 Å². The lowest BCUT2D eigenvalue weighted by Gasteiger charge is -2.36. The third kappa shape index (κ3) is 1.79. The summed E-state index contributed by atoms with van der Waals surface area (Å²) in [7, 11) is 0. The Balaban J connectivity index is 1.92. The summed E-state index contributed by atoms with van der Waals surface area (Å²) in [6, 6.07) is 5.88. The van der Waals surface area contributed by atoms with Gasteiger partial charge in [-0.05, 0) is 44.4 Å². The number of aromatic nitrogens is 2. The second kappa shape index (κ2) is 4.02. The number of thioether (sulfide) groups is 1. The van der Waals surface area contributed by atoms with Gasteiger partial charge in [-0.3, -0.25) is 4.79 Å². The summed E-state index contributed by atoms with van der Waals surface area (Å²) in [4.78, 5) is 19.8. The minimum atomic E-state index is -0.695. The van der Waals surface area contributed by atoms with Crippen LogP contribution in [0.3, 0.4) is 0 Å². The highest BCUT2D eigenvalue weighted by Gasteiger charge is 2.45. The molecule has 0 unspecified atom stereocenters. The molecule has 5 heteroatoms. The number of aryl methyl sites for hydroxylation is 1. The third-order valence-electron chi connectivity index (χ3n) is 3.44. The number of carbonyl (C=O) groups is 1. The van der Waals surface area contributed by atoms with Gasteiger partial charge in [0.2, 0.25) is 0 Å². The van der Waals surface area contributed by atoms with E-state index >= 15 is 0 Å². The number of rotatable bonds is 3. The van der Waals surface area contributed by atoms with E-state index in [1.165, 1.54) is 11.8 Å². The van der Waals surface area contributed by atoms with Gasteiger partial charge in [0.25, 0.3) is 0 Å². The van der Waals surface area contributed by atoms with Crippen molar-refractivity contribution in [3.8, 4) is 0 Å². The number of H-pyrrole nitrogens is 1. The van der Waals surface area contributed by atoms with Crippen LogP contribution in [0, 0.1) is 6.92 Å². The zero-order valence-electron chi connectivity index (χ0n) is 10.1. The Labute approximate surface area is 109 Å². The van der Waals surface area contributed by atoms with E-state index in [0.29, 0.717) is 0 Å². The van der Waals surface area contributed by atoms with E-state index in [1.54, 1.807) is 0 Å². The van der Waals surface area contributed by atoms with Gasteiger partial charge in [-0.25, -0.2) is 4.98 Å². The molecule has 4 nitrogen and oxygen atoms in total. The van der Waals surface area contributed by atoms with Gasteiger partial charge in [0.05, 0.1) is 11.0 Å². The van der Waals surface area contributed by atoms with Crippen LogP contribution < -0.4 is 0 Å². The molecule has 2 N–H and O–H groups in total. The Morgan fingerprint density at radius 3 is 2.89 bits per heavy atom. The molecule has 1 fully saturated rings. The molecule has 0 spiro atoms. The normalized spacial score (nSPS) is 17.6. The van der Waals surface area contributed by atoms with Gasteiger partial charge in [-0.2, -0.15) is 0 Å². The van der Waals surface area contributed by atoms with Crippen LogP contribution in [0.4, 0.5) is 0 Å². The maximum atomic E-state index is 11.3. The van der Waals surface area contributed by atoms with Crippen molar-refractivity contribution in [2.75, 3.05) is 0 Å². The molecular weight excluding hydrogens is 248 g/mol. The fraction of sp³-hybridized carbons (Fsp3) is 0.385. The third-order valence-corrected chi connectivity index (χ3v) is 4.90. The molecular formula is C13H14N2O2S. The van der Waals surface area contributed by atoms with Gasteiger partial charge in [-0.1, -0.05) is 0 Å². The first-order valence-electron chi connectivity index (χ1n) is 5.98. The van der Waals surface area contributed by atoms with Crippen LogP contribution >= 0.6 is 11.8 Å². The molecule has 0 atom stereocenters. The van der Waals surface area contributed by atoms with Crippen LogP contribution in [-0.4, -0.2) is 25.8 Å². The topological polar surface area (TPSA) is 66.0 Å². The molecule has 1 aromatic carbocycles. The Kier molecular flexibility index (Phi) is 2.59. The van der Waals surface area contributed by atoms with Crippen LogP contribution in [0.2, 0.25) is 0 Å². The highest BCUT2D eigenvalue weighted by molar-refractivity contribution is 8.01. The number of carboxylic acid groups (broad SMARTS) is 1. The predicted molar refractivity (Wildman–Crippen MR) is 70.9 cm³/mol. The molecule has 1 aliphatic carbocycles. The first kappa shape index (κ1) is 11.6. The summed E-state index contributed by atoms with van der Waals surface area (Å²) in [6.07, 6.45) is 2.52. The first-order valence-corrected chi connectivity index (χ1v) is 6.79. The van der Waals surface area contributed by atoms with E-state index in [0.717, 1.165) is 41.0 Å². The second-order valence-electron chi connectivity index (χ2n) is 4.76. The molecule has 0 saturated heterocycles. The predicted octanol–water partition coefficient (Wildman–Crippen LogP) is 2.97. The van der Waals surface area contributed by atoms with Crippen LogP contribution in [0.1, 0.15) is 25.1 Å². The fourth-order valence-electron chi connectivity index (χ4n) is 2.26. The number of nitrogens with zero attached hydrogens (tertiary/aromatic N) is 1. The largest absolute Gasteiger partial charge is 0.480 e. The number of fused-ring (bicyclic) bond motifs is 1. The SMILES string of the molecule is Cc1nc2ccc(SC3(C(=O)O)CCC3)cc2[nH]1. The highest BCUT2D eigenvalue weighted by Crippen LogP contribution is 2.48. The molecule has 0 amide bonds. The summed E-state index contributed by atoms with van der Waals surface area (Å²) in [5, 5.41) is 9.32. The number of aliphatic carboxylic acids is 1. The van der Waals surface area contributed by atoms with E-state index in [2.05, 4.69) is 9.97 Å². The molecule has 0 aliphatic heterocycles. The van der Waals surface area contributed by atoms with Gasteiger partial charge in [0, 0.05) is 4.90 Å². The van der Waals surface area contributed by atoms with Crippen molar-refractivity contribution >= 4 is 28.8 Å². The Hall–Kier alpha value is -1.49. The summed E-state index contributed by atoms with van der Waals surface area (Å²) in [6.45, 7) is 1.91. The van der Waals surface area contributed by atoms with Crippen LogP contribution in [-0.2, 0) is 4.79 Å². The maximum Gasteiger partial charge on any atom is 0.320 e. The van der Waals surface area contributed by atoms with E-state index in [-0.39, 0.29) is 0 Å². The number of nitrogens with one attached hydrogen (secondary N) is 1. The van der Waals surface area contributed by atoms with E-state index in [4.69, 9.17) is 0 Å². The van der Waals surface area contributed by atoms with Crippen LogP contribution in [0.5, 0.6) is 0 Å². The molecule has 1 saturated carbocycles. The summed E-state index contributed by atoms with van der Waals surface area (Å²) >= 11 is 1.46. The number of hydrogen-bond acceptors (Lipinski definition) is 3. The Morgan fingerprint density at radius 1 is 1.50 bits per heavy atom. The van der Waals surface area contributed by atoms with E-state index in [1.807, 2.05) is 25.1 Å². The summed E-state index contributed by atoms with van der Waals surface area (Å²) in [5.74, 6) is 0.184. The zero-order chi connectivity index (χ0) is 12.8. The van der Waals surface area contributed by atoms with Crippen molar-refractivity contribution in [1.29, 1.82) is 0 Å². The second-order valence-corrected chi connectivity index (χ2v) is 6.21. The molecule has 1 aromatic heterocycles. The molecule has 0 radical (unpaired) electrons. The Morgan fingerprint density at radius 2 is 2.28 bits per heavy atom. The average molecular weight is 262 g/mol. The monoisotopic (exact) mass is 262 g/mol. The first-order chi connectivity index (χ1) is 8.59. The van der Waals surface area contributed by atoms with Crippen LogP contribution in [0.15, 0.2) is 23.1 Å². The lowest BCUT2D eigenvalue weighted by Crippen LogP contribution is -2.41. The number of imidazole rings is 1. The van der Waals surface area contributed by atoms with Crippen molar-refractivity contribution < 1.29 is 9.90 Å². The molecule has 1 heterocycles. The lowest BCUT2D eigenvalue weighted by atomic mass is 9.84. The Bertz CT molecular complexity index is 616.